The van der Waals surface area contributed by atoms with Gasteiger partial charge in [0.2, 0.25) is 0 Å². The van der Waals surface area contributed by atoms with E-state index in [4.69, 9.17) is 0 Å². The molecule has 0 spiro atoms. The number of benzene rings is 1. The highest BCUT2D eigenvalue weighted by atomic mass is 127. The Morgan fingerprint density at radius 1 is 1.18 bits per heavy atom. The molecule has 0 aliphatic carbocycles. The van der Waals surface area contributed by atoms with Crippen LogP contribution in [0, 0.1) is 20.8 Å². The Morgan fingerprint density at radius 2 is 1.89 bits per heavy atom. The number of aliphatic imine (C=N–C) groups is 1. The van der Waals surface area contributed by atoms with Crippen molar-refractivity contribution in [2.45, 2.75) is 45.2 Å². The fraction of sp³-hybridized carbons (Fsp3) is 0.474. The zero-order chi connectivity index (χ0) is 20.0. The van der Waals surface area contributed by atoms with Crippen molar-refractivity contribution in [2.75, 3.05) is 19.8 Å². The number of guanidine groups is 1. The number of rotatable bonds is 7. The molecule has 0 fully saturated rings. The fourth-order valence-corrected chi connectivity index (χ4v) is 3.94. The molecule has 0 aliphatic rings. The number of sulfone groups is 1. The molecule has 1 aromatic heterocycles. The molecule has 7 nitrogen and oxygen atoms in total. The van der Waals surface area contributed by atoms with Gasteiger partial charge in [-0.15, -0.1) is 24.0 Å². The van der Waals surface area contributed by atoms with Gasteiger partial charge in [0.25, 0.3) is 0 Å². The third-order valence-corrected chi connectivity index (χ3v) is 5.52. The molecule has 0 aliphatic heterocycles. The van der Waals surface area contributed by atoms with Crippen LogP contribution in [0.15, 0.2) is 34.2 Å². The third-order valence-electron chi connectivity index (χ3n) is 4.26. The monoisotopic (exact) mass is 519 g/mol. The van der Waals surface area contributed by atoms with Crippen LogP contribution in [-0.2, 0) is 22.9 Å². The molecule has 28 heavy (non-hydrogen) atoms. The van der Waals surface area contributed by atoms with Crippen molar-refractivity contribution in [2.24, 2.45) is 4.99 Å². The molecule has 0 radical (unpaired) electrons. The van der Waals surface area contributed by atoms with Gasteiger partial charge in [0.05, 0.1) is 10.6 Å². The molecule has 0 bridgehead atoms. The number of hydrogen-bond acceptors (Lipinski definition) is 4. The van der Waals surface area contributed by atoms with Gasteiger partial charge in [-0.05, 0) is 50.5 Å². The minimum absolute atomic E-state index is 0. The lowest BCUT2D eigenvalue weighted by Crippen LogP contribution is -2.37. The Morgan fingerprint density at radius 3 is 2.43 bits per heavy atom. The van der Waals surface area contributed by atoms with Crippen LogP contribution in [-0.4, -0.2) is 44.0 Å². The highest BCUT2D eigenvalue weighted by Gasteiger charge is 2.11. The highest BCUT2D eigenvalue weighted by Crippen LogP contribution is 2.16. The minimum atomic E-state index is -3.19. The van der Waals surface area contributed by atoms with Gasteiger partial charge in [-0.25, -0.2) is 8.42 Å². The summed E-state index contributed by atoms with van der Waals surface area (Å²) in [4.78, 5) is 4.60. The first kappa shape index (κ1) is 24.4. The van der Waals surface area contributed by atoms with Gasteiger partial charge in [-0.2, -0.15) is 5.10 Å². The van der Waals surface area contributed by atoms with Crippen LogP contribution in [0.3, 0.4) is 0 Å². The minimum Gasteiger partial charge on any atom is -0.356 e. The van der Waals surface area contributed by atoms with Crippen LogP contribution in [0.2, 0.25) is 0 Å². The molecule has 2 aromatic rings. The van der Waals surface area contributed by atoms with E-state index in [1.54, 1.807) is 13.1 Å². The predicted molar refractivity (Wildman–Crippen MR) is 124 cm³/mol. The number of hydrogen-bond donors (Lipinski definition) is 2. The quantitative estimate of drug-likeness (QED) is 0.254. The first-order valence-corrected chi connectivity index (χ1v) is 10.8. The molecule has 1 aromatic carbocycles. The topological polar surface area (TPSA) is 88.4 Å². The maximum Gasteiger partial charge on any atom is 0.191 e. The van der Waals surface area contributed by atoms with E-state index in [2.05, 4.69) is 33.7 Å². The second-order valence-corrected chi connectivity index (χ2v) is 8.71. The van der Waals surface area contributed by atoms with Crippen molar-refractivity contribution in [3.05, 3.63) is 46.8 Å². The van der Waals surface area contributed by atoms with E-state index in [0.29, 0.717) is 17.4 Å². The molecule has 156 valence electrons. The summed E-state index contributed by atoms with van der Waals surface area (Å²) in [5, 5.41) is 11.0. The van der Waals surface area contributed by atoms with Gasteiger partial charge in [-0.3, -0.25) is 9.67 Å². The molecule has 2 rings (SSSR count). The van der Waals surface area contributed by atoms with Crippen molar-refractivity contribution >= 4 is 39.8 Å². The van der Waals surface area contributed by atoms with Crippen molar-refractivity contribution in [1.82, 2.24) is 20.4 Å². The van der Waals surface area contributed by atoms with Crippen LogP contribution >= 0.6 is 24.0 Å². The Kier molecular flexibility index (Phi) is 9.42. The molecule has 0 unspecified atom stereocenters. The smallest absolute Gasteiger partial charge is 0.191 e. The van der Waals surface area contributed by atoms with Crippen molar-refractivity contribution < 1.29 is 8.42 Å². The number of aromatic nitrogens is 2. The fourth-order valence-electron chi connectivity index (χ4n) is 2.98. The van der Waals surface area contributed by atoms with Crippen LogP contribution in [0.4, 0.5) is 0 Å². The van der Waals surface area contributed by atoms with Crippen molar-refractivity contribution in [1.29, 1.82) is 0 Å². The van der Waals surface area contributed by atoms with Gasteiger partial charge in [0.1, 0.15) is 0 Å². The van der Waals surface area contributed by atoms with Crippen molar-refractivity contribution in [3.63, 3.8) is 0 Å². The lowest BCUT2D eigenvalue weighted by molar-refractivity contribution is 0.555. The van der Waals surface area contributed by atoms with E-state index in [-0.39, 0.29) is 24.0 Å². The molecule has 9 heteroatoms. The second kappa shape index (κ2) is 10.8. The maximum absolute atomic E-state index is 11.7. The second-order valence-electron chi connectivity index (χ2n) is 6.73. The normalized spacial score (nSPS) is 11.8. The summed E-state index contributed by atoms with van der Waals surface area (Å²) in [6, 6.07) is 7.45. The van der Waals surface area contributed by atoms with Gasteiger partial charge in [0.15, 0.2) is 15.8 Å². The molecule has 2 N–H and O–H groups in total. The summed E-state index contributed by atoms with van der Waals surface area (Å²) in [6.45, 7) is 8.08. The van der Waals surface area contributed by atoms with Gasteiger partial charge in [-0.1, -0.05) is 12.1 Å². The van der Waals surface area contributed by atoms with Gasteiger partial charge >= 0.3 is 0 Å². The molecule has 0 saturated heterocycles. The summed E-state index contributed by atoms with van der Waals surface area (Å²) in [7, 11) is -1.46. The van der Waals surface area contributed by atoms with Crippen LogP contribution in [0.5, 0.6) is 0 Å². The van der Waals surface area contributed by atoms with Gasteiger partial charge < -0.3 is 10.6 Å². The highest BCUT2D eigenvalue weighted by molar-refractivity contribution is 14.0. The van der Waals surface area contributed by atoms with E-state index in [9.17, 15) is 8.42 Å². The standard InChI is InChI=1S/C19H29N5O2S.HI/c1-14-11-17(7-8-18(14)27(5,25)26)13-22-19(20-4)21-9-6-10-24-16(3)12-15(2)23-24;/h7-8,11-12H,6,9-10,13H2,1-5H3,(H2,20,21,22);1H. The molecular formula is C19H30IN5O2S. The average Bonchev–Trinajstić information content (AvgIpc) is 2.90. The SMILES string of the molecule is CN=C(NCCCn1nc(C)cc1C)NCc1ccc(S(C)(=O)=O)c(C)c1.I. The Bertz CT molecular complexity index is 922. The Labute approximate surface area is 185 Å². The lowest BCUT2D eigenvalue weighted by Gasteiger charge is -2.13. The average molecular weight is 519 g/mol. The lowest BCUT2D eigenvalue weighted by atomic mass is 10.1. The zero-order valence-electron chi connectivity index (χ0n) is 17.1. The maximum atomic E-state index is 11.7. The van der Waals surface area contributed by atoms with E-state index in [1.165, 1.54) is 11.9 Å². The summed E-state index contributed by atoms with van der Waals surface area (Å²) in [5.41, 5.74) is 3.97. The number of nitrogens with zero attached hydrogens (tertiary/aromatic N) is 3. The van der Waals surface area contributed by atoms with Crippen LogP contribution in [0.1, 0.15) is 28.9 Å². The zero-order valence-corrected chi connectivity index (χ0v) is 20.3. The van der Waals surface area contributed by atoms with E-state index >= 15 is 0 Å². The number of halogens is 1. The van der Waals surface area contributed by atoms with Crippen LogP contribution < -0.4 is 10.6 Å². The number of nitrogens with one attached hydrogen (secondary N) is 2. The molecule has 0 saturated carbocycles. The summed E-state index contributed by atoms with van der Waals surface area (Å²) in [5.74, 6) is 0.716. The molecule has 0 amide bonds. The van der Waals surface area contributed by atoms with E-state index in [1.807, 2.05) is 30.7 Å². The van der Waals surface area contributed by atoms with E-state index < -0.39 is 9.84 Å². The third kappa shape index (κ3) is 7.08. The summed E-state index contributed by atoms with van der Waals surface area (Å²) < 4.78 is 25.4. The Hall–Kier alpha value is -1.62. The van der Waals surface area contributed by atoms with Crippen molar-refractivity contribution in [3.8, 4) is 0 Å². The van der Waals surface area contributed by atoms with Gasteiger partial charge in [0, 0.05) is 38.6 Å². The molecule has 1 heterocycles. The summed E-state index contributed by atoms with van der Waals surface area (Å²) >= 11 is 0. The largest absolute Gasteiger partial charge is 0.356 e. The molecule has 0 atom stereocenters. The first-order valence-electron chi connectivity index (χ1n) is 8.96. The predicted octanol–water partition coefficient (Wildman–Crippen LogP) is 2.59. The molecular weight excluding hydrogens is 489 g/mol. The summed E-state index contributed by atoms with van der Waals surface area (Å²) in [6.07, 6.45) is 2.16. The van der Waals surface area contributed by atoms with Crippen LogP contribution in [0.25, 0.3) is 0 Å². The Balaban J connectivity index is 0.00000392. The first-order chi connectivity index (χ1) is 12.7. The van der Waals surface area contributed by atoms with E-state index in [0.717, 1.165) is 36.3 Å². The number of aryl methyl sites for hydroxylation is 4.